The number of nitrogens with zero attached hydrogens (tertiary/aromatic N) is 2. The van der Waals surface area contributed by atoms with Crippen molar-refractivity contribution < 1.29 is 13.2 Å². The molecular weight excluding hydrogens is 370 g/mol. The number of ether oxygens (including phenoxy) is 1. The Morgan fingerprint density at radius 2 is 2.08 bits per heavy atom. The Kier molecular flexibility index (Phi) is 4.97. The molecule has 0 fully saturated rings. The van der Waals surface area contributed by atoms with Crippen molar-refractivity contribution in [3.8, 4) is 5.75 Å². The van der Waals surface area contributed by atoms with E-state index in [2.05, 4.69) is 10.4 Å². The molecule has 2 aromatic carbocycles. The van der Waals surface area contributed by atoms with E-state index in [1.54, 1.807) is 6.07 Å². The van der Waals surface area contributed by atoms with Crippen molar-refractivity contribution in [1.29, 1.82) is 0 Å². The molecule has 1 N–H and O–H groups in total. The molecule has 0 aliphatic rings. The molecule has 3 rings (SSSR count). The van der Waals surface area contributed by atoms with Gasteiger partial charge in [0.25, 0.3) is 0 Å². The van der Waals surface area contributed by atoms with Crippen LogP contribution in [-0.2, 0) is 23.3 Å². The van der Waals surface area contributed by atoms with E-state index >= 15 is 0 Å². The minimum atomic E-state index is -3.32. The first-order chi connectivity index (χ1) is 12.3. The lowest BCUT2D eigenvalue weighted by Crippen LogP contribution is -2.13. The van der Waals surface area contributed by atoms with Crippen LogP contribution in [0.5, 0.6) is 5.75 Å². The summed E-state index contributed by atoms with van der Waals surface area (Å²) >= 11 is 5.49. The van der Waals surface area contributed by atoms with E-state index in [1.807, 2.05) is 36.1 Å². The number of aryl methyl sites for hydroxylation is 1. The van der Waals surface area contributed by atoms with Crippen LogP contribution >= 0.6 is 12.2 Å². The molecule has 0 aliphatic heterocycles. The molecule has 3 aromatic rings. The van der Waals surface area contributed by atoms with Gasteiger partial charge in [0.05, 0.1) is 34.4 Å². The number of anilines is 1. The third kappa shape index (κ3) is 3.71. The first-order valence-electron chi connectivity index (χ1n) is 7.87. The Hall–Kier alpha value is -2.45. The molecule has 0 atom stereocenters. The molecule has 0 unspecified atom stereocenters. The molecule has 0 radical (unpaired) electrons. The highest BCUT2D eigenvalue weighted by molar-refractivity contribution is 7.90. The van der Waals surface area contributed by atoms with E-state index < -0.39 is 9.84 Å². The lowest BCUT2D eigenvalue weighted by atomic mass is 10.1. The number of sulfone groups is 1. The Bertz CT molecular complexity index is 1090. The summed E-state index contributed by atoms with van der Waals surface area (Å²) in [4.78, 5) is 0.767. The zero-order valence-corrected chi connectivity index (χ0v) is 16.3. The molecule has 0 amide bonds. The Morgan fingerprint density at radius 3 is 2.77 bits per heavy atom. The van der Waals surface area contributed by atoms with Gasteiger partial charge in [-0.25, -0.2) is 8.42 Å². The van der Waals surface area contributed by atoms with Crippen LogP contribution in [0, 0.1) is 0 Å². The van der Waals surface area contributed by atoms with Crippen LogP contribution in [-0.4, -0.2) is 36.6 Å². The van der Waals surface area contributed by atoms with Gasteiger partial charge in [0, 0.05) is 25.1 Å². The van der Waals surface area contributed by atoms with Crippen LogP contribution in [0.15, 0.2) is 47.5 Å². The van der Waals surface area contributed by atoms with Gasteiger partial charge in [0.15, 0.2) is 9.84 Å². The smallest absolute Gasteiger partial charge is 0.175 e. The summed E-state index contributed by atoms with van der Waals surface area (Å²) in [5, 5.41) is 8.43. The van der Waals surface area contributed by atoms with Crippen molar-refractivity contribution in [3.63, 3.8) is 0 Å². The average molecular weight is 390 g/mol. The Morgan fingerprint density at radius 1 is 1.31 bits per heavy atom. The SMILES string of the molecule is COc1ccc(S(C)(=O)=O)cc1NC(=S)Cc1cccc2c1cnn2C. The number of methoxy groups -OCH3 is 1. The average Bonchev–Trinajstić information content (AvgIpc) is 2.96. The quantitative estimate of drug-likeness (QED) is 0.677. The molecule has 8 heteroatoms. The number of benzene rings is 2. The van der Waals surface area contributed by atoms with Crippen molar-refractivity contribution in [3.05, 3.63) is 48.2 Å². The summed E-state index contributed by atoms with van der Waals surface area (Å²) in [7, 11) is 0.100. The lowest BCUT2D eigenvalue weighted by molar-refractivity contribution is 0.416. The maximum atomic E-state index is 11.8. The minimum absolute atomic E-state index is 0.206. The van der Waals surface area contributed by atoms with Crippen molar-refractivity contribution >= 4 is 43.6 Å². The van der Waals surface area contributed by atoms with Gasteiger partial charge in [0.1, 0.15) is 5.75 Å². The third-order valence-corrected chi connectivity index (χ3v) is 5.46. The highest BCUT2D eigenvalue weighted by Gasteiger charge is 2.13. The van der Waals surface area contributed by atoms with Crippen molar-refractivity contribution in [2.75, 3.05) is 18.7 Å². The van der Waals surface area contributed by atoms with Gasteiger partial charge in [-0.15, -0.1) is 0 Å². The van der Waals surface area contributed by atoms with Gasteiger partial charge in [-0.05, 0) is 29.8 Å². The molecule has 0 saturated carbocycles. The van der Waals surface area contributed by atoms with Crippen LogP contribution < -0.4 is 10.1 Å². The lowest BCUT2D eigenvalue weighted by Gasteiger charge is -2.13. The first-order valence-corrected chi connectivity index (χ1v) is 10.2. The number of thiocarbonyl (C=S) groups is 1. The molecule has 0 bridgehead atoms. The van der Waals surface area contributed by atoms with E-state index in [1.165, 1.54) is 25.5 Å². The van der Waals surface area contributed by atoms with E-state index in [-0.39, 0.29) is 4.90 Å². The van der Waals surface area contributed by atoms with Gasteiger partial charge in [-0.1, -0.05) is 24.4 Å². The first kappa shape index (κ1) is 18.3. The summed E-state index contributed by atoms with van der Waals surface area (Å²) in [6, 6.07) is 10.6. The van der Waals surface area contributed by atoms with Gasteiger partial charge < -0.3 is 10.1 Å². The van der Waals surface area contributed by atoms with Gasteiger partial charge in [0.2, 0.25) is 0 Å². The molecule has 1 heterocycles. The van der Waals surface area contributed by atoms with Crippen LogP contribution in [0.25, 0.3) is 10.9 Å². The molecule has 26 heavy (non-hydrogen) atoms. The number of nitrogens with one attached hydrogen (secondary N) is 1. The standard InChI is InChI=1S/C18H19N3O3S2/c1-21-16-6-4-5-12(14(16)11-19-21)9-18(25)20-15-10-13(26(3,22)23)7-8-17(15)24-2/h4-8,10-11H,9H2,1-3H3,(H,20,25). The van der Waals surface area contributed by atoms with Crippen LogP contribution in [0.4, 0.5) is 5.69 Å². The van der Waals surface area contributed by atoms with Crippen LogP contribution in [0.1, 0.15) is 5.56 Å². The van der Waals surface area contributed by atoms with E-state index in [0.29, 0.717) is 22.8 Å². The summed E-state index contributed by atoms with van der Waals surface area (Å²) < 4.78 is 30.7. The maximum Gasteiger partial charge on any atom is 0.175 e. The second-order valence-electron chi connectivity index (χ2n) is 5.98. The third-order valence-electron chi connectivity index (χ3n) is 4.11. The maximum absolute atomic E-state index is 11.8. The molecule has 1 aromatic heterocycles. The number of hydrogen-bond acceptors (Lipinski definition) is 5. The van der Waals surface area contributed by atoms with Gasteiger partial charge >= 0.3 is 0 Å². The van der Waals surface area contributed by atoms with Crippen LogP contribution in [0.3, 0.4) is 0 Å². The van der Waals surface area contributed by atoms with E-state index in [0.717, 1.165) is 16.5 Å². The predicted molar refractivity (Wildman–Crippen MR) is 107 cm³/mol. The monoisotopic (exact) mass is 389 g/mol. The molecule has 136 valence electrons. The fourth-order valence-electron chi connectivity index (χ4n) is 2.77. The van der Waals surface area contributed by atoms with Gasteiger partial charge in [-0.2, -0.15) is 5.10 Å². The number of aromatic nitrogens is 2. The zero-order chi connectivity index (χ0) is 18.9. The summed E-state index contributed by atoms with van der Waals surface area (Å²) in [6.07, 6.45) is 3.49. The van der Waals surface area contributed by atoms with Gasteiger partial charge in [-0.3, -0.25) is 4.68 Å². The van der Waals surface area contributed by atoms with Crippen molar-refractivity contribution in [1.82, 2.24) is 9.78 Å². The second kappa shape index (κ2) is 7.05. The Labute approximate surface area is 157 Å². The summed E-state index contributed by atoms with van der Waals surface area (Å²) in [6.45, 7) is 0. The molecule has 0 saturated heterocycles. The highest BCUT2D eigenvalue weighted by Crippen LogP contribution is 2.28. The van der Waals surface area contributed by atoms with E-state index in [9.17, 15) is 8.42 Å². The fourth-order valence-corrected chi connectivity index (χ4v) is 3.69. The highest BCUT2D eigenvalue weighted by atomic mass is 32.2. The van der Waals surface area contributed by atoms with Crippen molar-refractivity contribution in [2.45, 2.75) is 11.3 Å². The Balaban J connectivity index is 1.88. The second-order valence-corrected chi connectivity index (χ2v) is 8.49. The van der Waals surface area contributed by atoms with Crippen molar-refractivity contribution in [2.24, 2.45) is 7.05 Å². The summed E-state index contributed by atoms with van der Waals surface area (Å²) in [5.41, 5.74) is 2.60. The predicted octanol–water partition coefficient (Wildman–Crippen LogP) is 2.97. The normalized spacial score (nSPS) is 11.5. The van der Waals surface area contributed by atoms with E-state index in [4.69, 9.17) is 17.0 Å². The molecule has 0 spiro atoms. The topological polar surface area (TPSA) is 73.2 Å². The van der Waals surface area contributed by atoms with Crippen LogP contribution in [0.2, 0.25) is 0 Å². The summed E-state index contributed by atoms with van der Waals surface area (Å²) in [5.74, 6) is 0.527. The number of hydrogen-bond donors (Lipinski definition) is 1. The minimum Gasteiger partial charge on any atom is -0.495 e. The fraction of sp³-hybridized carbons (Fsp3) is 0.222. The number of fused-ring (bicyclic) bond motifs is 1. The zero-order valence-electron chi connectivity index (χ0n) is 14.7. The number of rotatable bonds is 5. The molecule has 6 nitrogen and oxygen atoms in total. The largest absolute Gasteiger partial charge is 0.495 e. The molecular formula is C18H19N3O3S2. The molecule has 0 aliphatic carbocycles.